The van der Waals surface area contributed by atoms with Crippen LogP contribution in [-0.4, -0.2) is 30.8 Å². The summed E-state index contributed by atoms with van der Waals surface area (Å²) < 4.78 is 3.12. The van der Waals surface area contributed by atoms with Crippen LogP contribution in [0.5, 0.6) is 0 Å². The van der Waals surface area contributed by atoms with E-state index in [4.69, 9.17) is 0 Å². The van der Waals surface area contributed by atoms with Crippen molar-refractivity contribution in [3.63, 3.8) is 0 Å². The highest BCUT2D eigenvalue weighted by atomic mass is 79.9. The molecule has 0 saturated heterocycles. The second-order valence-electron chi connectivity index (χ2n) is 6.37. The van der Waals surface area contributed by atoms with E-state index in [0.717, 1.165) is 57.5 Å². The molecule has 0 saturated carbocycles. The van der Waals surface area contributed by atoms with Gasteiger partial charge in [-0.1, -0.05) is 22.9 Å². The SMILES string of the molecule is CCCc1nc(S/C(=C\c2cc(C)n(-c3ccc(Br)cc3)c2C)C(=O)O)n[nH]1. The first-order chi connectivity index (χ1) is 13.4. The molecule has 0 spiro atoms. The maximum atomic E-state index is 11.8. The third-order valence-corrected chi connectivity index (χ3v) is 5.66. The lowest BCUT2D eigenvalue weighted by Gasteiger charge is -2.09. The molecule has 0 unspecified atom stereocenters. The number of hydrogen-bond acceptors (Lipinski definition) is 4. The summed E-state index contributed by atoms with van der Waals surface area (Å²) in [4.78, 5) is 16.3. The molecule has 8 heteroatoms. The Kier molecular flexibility index (Phi) is 6.41. The van der Waals surface area contributed by atoms with Crippen LogP contribution >= 0.6 is 27.7 Å². The third kappa shape index (κ3) is 4.56. The van der Waals surface area contributed by atoms with Crippen LogP contribution in [0.4, 0.5) is 0 Å². The summed E-state index contributed by atoms with van der Waals surface area (Å²) in [7, 11) is 0. The number of nitrogens with zero attached hydrogens (tertiary/aromatic N) is 3. The molecule has 3 rings (SSSR count). The molecule has 146 valence electrons. The van der Waals surface area contributed by atoms with Gasteiger partial charge in [0, 0.05) is 28.0 Å². The highest BCUT2D eigenvalue weighted by molar-refractivity contribution is 9.10. The van der Waals surface area contributed by atoms with Crippen molar-refractivity contribution in [3.05, 3.63) is 62.5 Å². The van der Waals surface area contributed by atoms with Crippen LogP contribution in [0.25, 0.3) is 11.8 Å². The summed E-state index contributed by atoms with van der Waals surface area (Å²) in [6.45, 7) is 6.04. The Bertz CT molecular complexity index is 1020. The van der Waals surface area contributed by atoms with E-state index >= 15 is 0 Å². The largest absolute Gasteiger partial charge is 0.477 e. The van der Waals surface area contributed by atoms with Crippen molar-refractivity contribution in [1.29, 1.82) is 0 Å². The summed E-state index contributed by atoms with van der Waals surface area (Å²) in [5.74, 6) is -0.233. The number of benzene rings is 1. The standard InChI is InChI=1S/C20H21BrN4O2S/c1-4-5-18-22-20(24-23-18)28-17(19(26)27)11-14-10-12(2)25(13(14)3)16-8-6-15(21)7-9-16/h6-11H,4-5H2,1-3H3,(H,26,27)(H,22,23,24)/b17-11-. The Morgan fingerprint density at radius 1 is 1.32 bits per heavy atom. The number of thioether (sulfide) groups is 1. The number of aromatic nitrogens is 4. The van der Waals surface area contributed by atoms with Crippen LogP contribution in [0, 0.1) is 13.8 Å². The summed E-state index contributed by atoms with van der Waals surface area (Å²) in [6.07, 6.45) is 3.41. The maximum Gasteiger partial charge on any atom is 0.342 e. The molecule has 0 aliphatic carbocycles. The van der Waals surface area contributed by atoms with Gasteiger partial charge in [0.2, 0.25) is 5.16 Å². The first kappa shape index (κ1) is 20.4. The predicted octanol–water partition coefficient (Wildman–Crippen LogP) is 5.15. The number of aliphatic carboxylic acids is 1. The Morgan fingerprint density at radius 3 is 2.68 bits per heavy atom. The zero-order valence-corrected chi connectivity index (χ0v) is 18.3. The van der Waals surface area contributed by atoms with Gasteiger partial charge in [0.1, 0.15) is 10.7 Å². The fourth-order valence-electron chi connectivity index (χ4n) is 2.97. The molecule has 0 atom stereocenters. The van der Waals surface area contributed by atoms with Crippen LogP contribution in [0.2, 0.25) is 0 Å². The van der Waals surface area contributed by atoms with Crippen LogP contribution < -0.4 is 0 Å². The minimum absolute atomic E-state index is 0.179. The Balaban J connectivity index is 1.93. The first-order valence-electron chi connectivity index (χ1n) is 8.88. The van der Waals surface area contributed by atoms with E-state index < -0.39 is 5.97 Å². The highest BCUT2D eigenvalue weighted by Crippen LogP contribution is 2.29. The summed E-state index contributed by atoms with van der Waals surface area (Å²) >= 11 is 4.50. The fourth-order valence-corrected chi connectivity index (χ4v) is 3.95. The Hall–Kier alpha value is -2.32. The molecule has 0 aliphatic rings. The second kappa shape index (κ2) is 8.79. The molecule has 0 aliphatic heterocycles. The number of rotatable bonds is 7. The molecule has 1 aromatic carbocycles. The lowest BCUT2D eigenvalue weighted by Crippen LogP contribution is -2.00. The molecule has 2 aromatic heterocycles. The molecule has 3 aromatic rings. The average Bonchev–Trinajstić information content (AvgIpc) is 3.20. The van der Waals surface area contributed by atoms with Gasteiger partial charge in [-0.3, -0.25) is 5.10 Å². The average molecular weight is 461 g/mol. The van der Waals surface area contributed by atoms with Gasteiger partial charge in [0.05, 0.1) is 0 Å². The van der Waals surface area contributed by atoms with Gasteiger partial charge in [-0.05, 0) is 74.0 Å². The van der Waals surface area contributed by atoms with Crippen molar-refractivity contribution in [2.45, 2.75) is 38.8 Å². The number of carboxylic acid groups (broad SMARTS) is 1. The van der Waals surface area contributed by atoms with Crippen molar-refractivity contribution in [3.8, 4) is 5.69 Å². The number of H-pyrrole nitrogens is 1. The normalized spacial score (nSPS) is 11.8. The Labute approximate surface area is 176 Å². The number of hydrogen-bond donors (Lipinski definition) is 2. The van der Waals surface area contributed by atoms with Gasteiger partial charge in [0.15, 0.2) is 0 Å². The minimum atomic E-state index is -1.000. The number of halogens is 1. The zero-order chi connectivity index (χ0) is 20.3. The van der Waals surface area contributed by atoms with Crippen molar-refractivity contribution >= 4 is 39.7 Å². The molecule has 0 radical (unpaired) electrons. The number of carbonyl (C=O) groups is 1. The van der Waals surface area contributed by atoms with Gasteiger partial charge < -0.3 is 9.67 Å². The van der Waals surface area contributed by atoms with Crippen LogP contribution in [-0.2, 0) is 11.2 Å². The number of nitrogens with one attached hydrogen (secondary N) is 1. The van der Waals surface area contributed by atoms with Crippen molar-refractivity contribution in [2.75, 3.05) is 0 Å². The zero-order valence-electron chi connectivity index (χ0n) is 15.9. The van der Waals surface area contributed by atoms with E-state index in [9.17, 15) is 9.90 Å². The molecule has 0 amide bonds. The minimum Gasteiger partial charge on any atom is -0.477 e. The second-order valence-corrected chi connectivity index (χ2v) is 8.29. The molecule has 6 nitrogen and oxygen atoms in total. The molecule has 2 heterocycles. The quantitative estimate of drug-likeness (QED) is 0.376. The molecule has 28 heavy (non-hydrogen) atoms. The smallest absolute Gasteiger partial charge is 0.342 e. The van der Waals surface area contributed by atoms with E-state index in [1.807, 2.05) is 44.2 Å². The number of aryl methyl sites for hydroxylation is 2. The topological polar surface area (TPSA) is 83.8 Å². The Morgan fingerprint density at radius 2 is 2.04 bits per heavy atom. The van der Waals surface area contributed by atoms with Crippen LogP contribution in [0.1, 0.15) is 36.1 Å². The van der Waals surface area contributed by atoms with Crippen molar-refractivity contribution in [2.24, 2.45) is 0 Å². The molecular weight excluding hydrogens is 440 g/mol. The highest BCUT2D eigenvalue weighted by Gasteiger charge is 2.16. The van der Waals surface area contributed by atoms with E-state index in [1.165, 1.54) is 0 Å². The summed E-state index contributed by atoms with van der Waals surface area (Å²) in [6, 6.07) is 10.0. The van der Waals surface area contributed by atoms with Crippen molar-refractivity contribution < 1.29 is 9.90 Å². The molecule has 0 fully saturated rings. The lowest BCUT2D eigenvalue weighted by molar-refractivity contribution is -0.131. The summed E-state index contributed by atoms with van der Waals surface area (Å²) in [5.41, 5.74) is 3.89. The maximum absolute atomic E-state index is 11.8. The molecular formula is C20H21BrN4O2S. The van der Waals surface area contributed by atoms with Gasteiger partial charge in [0.25, 0.3) is 0 Å². The van der Waals surface area contributed by atoms with Gasteiger partial charge in [-0.15, -0.1) is 5.10 Å². The van der Waals surface area contributed by atoms with Crippen LogP contribution in [0.15, 0.2) is 44.9 Å². The number of aromatic amines is 1. The van der Waals surface area contributed by atoms with E-state index in [2.05, 4.69) is 42.6 Å². The van der Waals surface area contributed by atoms with E-state index in [1.54, 1.807) is 6.08 Å². The van der Waals surface area contributed by atoms with E-state index in [-0.39, 0.29) is 4.91 Å². The third-order valence-electron chi connectivity index (χ3n) is 4.25. The van der Waals surface area contributed by atoms with E-state index in [0.29, 0.717) is 5.16 Å². The van der Waals surface area contributed by atoms with Crippen LogP contribution in [0.3, 0.4) is 0 Å². The van der Waals surface area contributed by atoms with Gasteiger partial charge in [-0.2, -0.15) is 0 Å². The predicted molar refractivity (Wildman–Crippen MR) is 115 cm³/mol. The van der Waals surface area contributed by atoms with Gasteiger partial charge >= 0.3 is 5.97 Å². The van der Waals surface area contributed by atoms with Gasteiger partial charge in [-0.25, -0.2) is 9.78 Å². The molecule has 2 N–H and O–H groups in total. The molecule has 0 bridgehead atoms. The first-order valence-corrected chi connectivity index (χ1v) is 10.5. The lowest BCUT2D eigenvalue weighted by atomic mass is 10.2. The number of carboxylic acids is 1. The monoisotopic (exact) mass is 460 g/mol. The summed E-state index contributed by atoms with van der Waals surface area (Å²) in [5, 5.41) is 17.0. The fraction of sp³-hybridized carbons (Fsp3) is 0.250. The van der Waals surface area contributed by atoms with Crippen molar-refractivity contribution in [1.82, 2.24) is 19.7 Å².